The van der Waals surface area contributed by atoms with Crippen molar-refractivity contribution >= 4 is 23.5 Å². The summed E-state index contributed by atoms with van der Waals surface area (Å²) in [6, 6.07) is 19.5. The molecule has 0 bridgehead atoms. The standard InChI is InChI=1S/C14H12S2/c1-2-6-11(7-3-1)14-15-10-12-8-4-5-9-13(12)16-14/h1-9,14H,10H2. The van der Waals surface area contributed by atoms with E-state index in [1.165, 1.54) is 16.0 Å². The first-order valence-electron chi connectivity index (χ1n) is 5.34. The van der Waals surface area contributed by atoms with E-state index in [1.54, 1.807) is 0 Å². The summed E-state index contributed by atoms with van der Waals surface area (Å²) in [5.74, 6) is 1.13. The summed E-state index contributed by atoms with van der Waals surface area (Å²) in [6.07, 6.45) is 0. The van der Waals surface area contributed by atoms with Crippen LogP contribution in [0.3, 0.4) is 0 Å². The van der Waals surface area contributed by atoms with Crippen molar-refractivity contribution in [1.29, 1.82) is 0 Å². The molecular weight excluding hydrogens is 232 g/mol. The summed E-state index contributed by atoms with van der Waals surface area (Å²) in [5, 5.41) is 0. The maximum Gasteiger partial charge on any atom is 0.0801 e. The van der Waals surface area contributed by atoms with Crippen LogP contribution in [0.4, 0.5) is 0 Å². The Morgan fingerprint density at radius 1 is 0.875 bits per heavy atom. The summed E-state index contributed by atoms with van der Waals surface area (Å²) < 4.78 is 0.552. The minimum absolute atomic E-state index is 0.552. The molecule has 0 N–H and O–H groups in total. The smallest absolute Gasteiger partial charge is 0.0801 e. The Bertz CT molecular complexity index is 479. The molecule has 80 valence electrons. The zero-order chi connectivity index (χ0) is 10.8. The maximum atomic E-state index is 2.23. The van der Waals surface area contributed by atoms with E-state index < -0.39 is 0 Å². The van der Waals surface area contributed by atoms with Gasteiger partial charge >= 0.3 is 0 Å². The molecule has 0 radical (unpaired) electrons. The maximum absolute atomic E-state index is 2.23. The zero-order valence-corrected chi connectivity index (χ0v) is 10.4. The van der Waals surface area contributed by atoms with Gasteiger partial charge in [-0.05, 0) is 17.2 Å². The average molecular weight is 244 g/mol. The SMILES string of the molecule is c1ccc(C2SCc3ccccc3S2)cc1. The van der Waals surface area contributed by atoms with Gasteiger partial charge in [0.05, 0.1) is 4.58 Å². The fraction of sp³-hybridized carbons (Fsp3) is 0.143. The van der Waals surface area contributed by atoms with E-state index in [4.69, 9.17) is 0 Å². The summed E-state index contributed by atoms with van der Waals surface area (Å²) in [5.41, 5.74) is 2.90. The van der Waals surface area contributed by atoms with Gasteiger partial charge in [-0.15, -0.1) is 23.5 Å². The Labute approximate surface area is 104 Å². The van der Waals surface area contributed by atoms with E-state index in [-0.39, 0.29) is 0 Å². The topological polar surface area (TPSA) is 0 Å². The highest BCUT2D eigenvalue weighted by Crippen LogP contribution is 2.50. The normalized spacial score (nSPS) is 19.1. The third kappa shape index (κ3) is 2.00. The fourth-order valence-corrected chi connectivity index (χ4v) is 4.61. The summed E-state index contributed by atoms with van der Waals surface area (Å²) >= 11 is 3.99. The lowest BCUT2D eigenvalue weighted by Gasteiger charge is -2.23. The highest BCUT2D eigenvalue weighted by molar-refractivity contribution is 8.16. The van der Waals surface area contributed by atoms with Gasteiger partial charge in [-0.2, -0.15) is 0 Å². The molecule has 0 saturated carbocycles. The second-order valence-electron chi connectivity index (χ2n) is 3.78. The molecule has 0 aliphatic carbocycles. The van der Waals surface area contributed by atoms with Gasteiger partial charge in [-0.1, -0.05) is 48.5 Å². The zero-order valence-electron chi connectivity index (χ0n) is 8.80. The van der Waals surface area contributed by atoms with Gasteiger partial charge in [0, 0.05) is 10.6 Å². The lowest BCUT2D eigenvalue weighted by Crippen LogP contribution is -1.98. The van der Waals surface area contributed by atoms with Crippen LogP contribution in [-0.4, -0.2) is 0 Å². The molecule has 0 spiro atoms. The van der Waals surface area contributed by atoms with Crippen LogP contribution in [0.15, 0.2) is 59.5 Å². The highest BCUT2D eigenvalue weighted by atomic mass is 32.2. The van der Waals surface area contributed by atoms with Crippen LogP contribution in [-0.2, 0) is 5.75 Å². The molecule has 0 nitrogen and oxygen atoms in total. The van der Waals surface area contributed by atoms with Crippen molar-refractivity contribution < 1.29 is 0 Å². The van der Waals surface area contributed by atoms with E-state index in [1.807, 2.05) is 23.5 Å². The molecule has 3 rings (SSSR count). The predicted molar refractivity (Wildman–Crippen MR) is 72.8 cm³/mol. The number of fused-ring (bicyclic) bond motifs is 1. The molecule has 2 aromatic carbocycles. The summed E-state index contributed by atoms with van der Waals surface area (Å²) in [7, 11) is 0. The molecule has 2 aromatic rings. The van der Waals surface area contributed by atoms with Crippen molar-refractivity contribution in [2.75, 3.05) is 0 Å². The van der Waals surface area contributed by atoms with Gasteiger partial charge < -0.3 is 0 Å². The van der Waals surface area contributed by atoms with E-state index in [2.05, 4.69) is 54.6 Å². The van der Waals surface area contributed by atoms with Gasteiger partial charge in [-0.25, -0.2) is 0 Å². The average Bonchev–Trinajstić information content (AvgIpc) is 2.39. The van der Waals surface area contributed by atoms with Gasteiger partial charge in [0.25, 0.3) is 0 Å². The summed E-state index contributed by atoms with van der Waals surface area (Å²) in [4.78, 5) is 1.44. The molecule has 1 atom stereocenters. The van der Waals surface area contributed by atoms with Crippen LogP contribution in [0.1, 0.15) is 15.7 Å². The van der Waals surface area contributed by atoms with Crippen LogP contribution >= 0.6 is 23.5 Å². The number of thioether (sulfide) groups is 2. The lowest BCUT2D eigenvalue weighted by atomic mass is 10.2. The molecule has 2 heteroatoms. The van der Waals surface area contributed by atoms with Crippen molar-refractivity contribution in [1.82, 2.24) is 0 Å². The number of benzene rings is 2. The van der Waals surface area contributed by atoms with Crippen LogP contribution in [0, 0.1) is 0 Å². The molecule has 1 aliphatic heterocycles. The quantitative estimate of drug-likeness (QED) is 0.711. The highest BCUT2D eigenvalue weighted by Gasteiger charge is 2.20. The third-order valence-electron chi connectivity index (χ3n) is 2.67. The Kier molecular flexibility index (Phi) is 2.94. The minimum Gasteiger partial charge on any atom is -0.138 e. The number of hydrogen-bond donors (Lipinski definition) is 0. The second-order valence-corrected chi connectivity index (χ2v) is 6.32. The van der Waals surface area contributed by atoms with Crippen LogP contribution in [0.5, 0.6) is 0 Å². The van der Waals surface area contributed by atoms with E-state index >= 15 is 0 Å². The number of rotatable bonds is 1. The number of hydrogen-bond acceptors (Lipinski definition) is 2. The van der Waals surface area contributed by atoms with Crippen molar-refractivity contribution in [2.45, 2.75) is 15.2 Å². The van der Waals surface area contributed by atoms with Crippen molar-refractivity contribution in [2.24, 2.45) is 0 Å². The van der Waals surface area contributed by atoms with Crippen molar-refractivity contribution in [3.8, 4) is 0 Å². The first-order valence-corrected chi connectivity index (χ1v) is 7.27. The van der Waals surface area contributed by atoms with Crippen LogP contribution < -0.4 is 0 Å². The van der Waals surface area contributed by atoms with Crippen LogP contribution in [0.25, 0.3) is 0 Å². The first-order chi connectivity index (χ1) is 7.93. The van der Waals surface area contributed by atoms with Crippen molar-refractivity contribution in [3.05, 3.63) is 65.7 Å². The second kappa shape index (κ2) is 4.56. The molecule has 1 heterocycles. The molecule has 16 heavy (non-hydrogen) atoms. The van der Waals surface area contributed by atoms with Crippen LogP contribution in [0.2, 0.25) is 0 Å². The van der Waals surface area contributed by atoms with Gasteiger partial charge in [-0.3, -0.25) is 0 Å². The first kappa shape index (κ1) is 10.3. The molecule has 0 fully saturated rings. The minimum atomic E-state index is 0.552. The molecule has 0 amide bonds. The largest absolute Gasteiger partial charge is 0.138 e. The van der Waals surface area contributed by atoms with Gasteiger partial charge in [0.15, 0.2) is 0 Å². The molecule has 1 aliphatic rings. The Balaban J connectivity index is 1.89. The molecule has 0 aromatic heterocycles. The molecule has 1 unspecified atom stereocenters. The Morgan fingerprint density at radius 2 is 1.62 bits per heavy atom. The monoisotopic (exact) mass is 244 g/mol. The molecular formula is C14H12S2. The van der Waals surface area contributed by atoms with Gasteiger partial charge in [0.1, 0.15) is 0 Å². The van der Waals surface area contributed by atoms with E-state index in [0.717, 1.165) is 5.75 Å². The fourth-order valence-electron chi connectivity index (χ4n) is 1.83. The molecule has 0 saturated heterocycles. The predicted octanol–water partition coefficient (Wildman–Crippen LogP) is 4.72. The Morgan fingerprint density at radius 3 is 2.50 bits per heavy atom. The Hall–Kier alpha value is -0.860. The third-order valence-corrected chi connectivity index (χ3v) is 5.56. The van der Waals surface area contributed by atoms with Crippen molar-refractivity contribution in [3.63, 3.8) is 0 Å². The lowest BCUT2D eigenvalue weighted by molar-refractivity contribution is 1.22. The summed E-state index contributed by atoms with van der Waals surface area (Å²) in [6.45, 7) is 0. The van der Waals surface area contributed by atoms with E-state index in [9.17, 15) is 0 Å². The van der Waals surface area contributed by atoms with Gasteiger partial charge in [0.2, 0.25) is 0 Å². The van der Waals surface area contributed by atoms with E-state index in [0.29, 0.717) is 4.58 Å².